The molecule has 1 fully saturated rings. The lowest BCUT2D eigenvalue weighted by Crippen LogP contribution is -2.21. The number of thioether (sulfide) groups is 1. The average molecular weight is 149 g/mol. The van der Waals surface area contributed by atoms with Gasteiger partial charge in [-0.25, -0.2) is 4.39 Å². The molecule has 1 aliphatic rings. The molecule has 0 spiro atoms. The Morgan fingerprint density at radius 2 is 2.33 bits per heavy atom. The van der Waals surface area contributed by atoms with E-state index in [0.29, 0.717) is 18.3 Å². The number of halogens is 1. The monoisotopic (exact) mass is 149 g/mol. The minimum Gasteiger partial charge on any atom is -0.292 e. The quantitative estimate of drug-likeness (QED) is 0.553. The van der Waals surface area contributed by atoms with Gasteiger partial charge in [0.2, 0.25) is 0 Å². The van der Waals surface area contributed by atoms with Gasteiger partial charge in [0.1, 0.15) is 6.17 Å². The Labute approximate surface area is 59.6 Å². The number of hydrogen-bond donors (Lipinski definition) is 0. The van der Waals surface area contributed by atoms with Crippen molar-refractivity contribution in [2.24, 2.45) is 0 Å². The van der Waals surface area contributed by atoms with Crippen molar-refractivity contribution in [1.82, 2.24) is 4.90 Å². The molecule has 0 amide bonds. The molecule has 0 radical (unpaired) electrons. The predicted octanol–water partition coefficient (Wildman–Crippen LogP) is 1.35. The first-order valence-corrected chi connectivity index (χ1v) is 4.40. The Morgan fingerprint density at radius 1 is 1.67 bits per heavy atom. The highest BCUT2D eigenvalue weighted by molar-refractivity contribution is 7.99. The summed E-state index contributed by atoms with van der Waals surface area (Å²) in [7, 11) is 1.97. The van der Waals surface area contributed by atoms with E-state index in [-0.39, 0.29) is 0 Å². The first-order valence-electron chi connectivity index (χ1n) is 3.11. The summed E-state index contributed by atoms with van der Waals surface area (Å²) >= 11 is 1.73. The molecule has 2 unspecified atom stereocenters. The van der Waals surface area contributed by atoms with Crippen molar-refractivity contribution >= 4 is 11.8 Å². The lowest BCUT2D eigenvalue weighted by Gasteiger charge is -2.14. The van der Waals surface area contributed by atoms with Crippen LogP contribution in [-0.4, -0.2) is 36.3 Å². The van der Waals surface area contributed by atoms with Gasteiger partial charge >= 0.3 is 0 Å². The van der Waals surface area contributed by atoms with E-state index < -0.39 is 6.17 Å². The van der Waals surface area contributed by atoms with E-state index in [1.165, 1.54) is 0 Å². The fourth-order valence-corrected chi connectivity index (χ4v) is 2.03. The molecule has 1 rings (SSSR count). The van der Waals surface area contributed by atoms with E-state index in [1.54, 1.807) is 11.8 Å². The Balaban J connectivity index is 2.38. The normalized spacial score (nSPS) is 37.7. The maximum atomic E-state index is 12.6. The van der Waals surface area contributed by atoms with Gasteiger partial charge in [0.05, 0.1) is 5.37 Å². The first-order chi connectivity index (χ1) is 4.24. The standard InChI is InChI=1S/C6H12FNS/c1-8-4-5(7)3-6(8)9-2/h5-6H,3-4H2,1-2H3. The van der Waals surface area contributed by atoms with Crippen LogP contribution in [0.25, 0.3) is 0 Å². The molecule has 2 atom stereocenters. The van der Waals surface area contributed by atoms with E-state index in [4.69, 9.17) is 0 Å². The van der Waals surface area contributed by atoms with Gasteiger partial charge in [-0.2, -0.15) is 0 Å². The van der Waals surface area contributed by atoms with Gasteiger partial charge in [-0.3, -0.25) is 4.90 Å². The molecule has 1 saturated heterocycles. The minimum absolute atomic E-state index is 0.417. The van der Waals surface area contributed by atoms with E-state index in [0.717, 1.165) is 0 Å². The highest BCUT2D eigenvalue weighted by Gasteiger charge is 2.27. The zero-order chi connectivity index (χ0) is 6.85. The van der Waals surface area contributed by atoms with Gasteiger partial charge in [-0.1, -0.05) is 0 Å². The van der Waals surface area contributed by atoms with E-state index in [9.17, 15) is 4.39 Å². The number of nitrogens with zero attached hydrogens (tertiary/aromatic N) is 1. The second kappa shape index (κ2) is 2.88. The summed E-state index contributed by atoms with van der Waals surface area (Å²) in [6.07, 6.45) is 2.14. The van der Waals surface area contributed by atoms with Crippen molar-refractivity contribution in [3.05, 3.63) is 0 Å². The molecule has 0 aromatic heterocycles. The van der Waals surface area contributed by atoms with Crippen LogP contribution in [0.15, 0.2) is 0 Å². The summed E-state index contributed by atoms with van der Waals surface area (Å²) in [5, 5.41) is 0.417. The van der Waals surface area contributed by atoms with Crippen molar-refractivity contribution < 1.29 is 4.39 Å². The number of hydrogen-bond acceptors (Lipinski definition) is 2. The van der Waals surface area contributed by atoms with Crippen molar-refractivity contribution in [3.63, 3.8) is 0 Å². The minimum atomic E-state index is -0.590. The second-order valence-corrected chi connectivity index (χ2v) is 3.48. The van der Waals surface area contributed by atoms with Crippen molar-refractivity contribution in [3.8, 4) is 0 Å². The number of likely N-dealkylation sites (tertiary alicyclic amines) is 1. The summed E-state index contributed by atoms with van der Waals surface area (Å²) in [6, 6.07) is 0. The topological polar surface area (TPSA) is 3.24 Å². The smallest absolute Gasteiger partial charge is 0.115 e. The van der Waals surface area contributed by atoms with Crippen LogP contribution in [0, 0.1) is 0 Å². The van der Waals surface area contributed by atoms with E-state index in [2.05, 4.69) is 4.90 Å². The summed E-state index contributed by atoms with van der Waals surface area (Å²) < 4.78 is 12.6. The van der Waals surface area contributed by atoms with Crippen molar-refractivity contribution in [2.75, 3.05) is 19.8 Å². The van der Waals surface area contributed by atoms with Gasteiger partial charge in [-0.05, 0) is 13.3 Å². The average Bonchev–Trinajstić information content (AvgIpc) is 2.10. The third-order valence-electron chi connectivity index (χ3n) is 1.71. The van der Waals surface area contributed by atoms with Crippen LogP contribution in [0.5, 0.6) is 0 Å². The van der Waals surface area contributed by atoms with E-state index in [1.807, 2.05) is 13.3 Å². The molecule has 9 heavy (non-hydrogen) atoms. The Kier molecular flexibility index (Phi) is 2.35. The van der Waals surface area contributed by atoms with Crippen molar-refractivity contribution in [1.29, 1.82) is 0 Å². The van der Waals surface area contributed by atoms with Crippen LogP contribution in [0.1, 0.15) is 6.42 Å². The van der Waals surface area contributed by atoms with Crippen LogP contribution in [0.2, 0.25) is 0 Å². The fourth-order valence-electron chi connectivity index (χ4n) is 1.18. The molecule has 1 heterocycles. The van der Waals surface area contributed by atoms with Crippen LogP contribution < -0.4 is 0 Å². The lowest BCUT2D eigenvalue weighted by atomic mass is 10.3. The summed E-state index contributed by atoms with van der Waals surface area (Å²) in [6.45, 7) is 0.617. The summed E-state index contributed by atoms with van der Waals surface area (Å²) in [4.78, 5) is 2.06. The van der Waals surface area contributed by atoms with Gasteiger partial charge in [0.15, 0.2) is 0 Å². The molecule has 0 aromatic rings. The third-order valence-corrected chi connectivity index (χ3v) is 2.80. The molecular weight excluding hydrogens is 137 g/mol. The SMILES string of the molecule is CSC1CC(F)CN1C. The van der Waals surface area contributed by atoms with Crippen LogP contribution in [0.3, 0.4) is 0 Å². The molecule has 0 N–H and O–H groups in total. The first kappa shape index (κ1) is 7.35. The predicted molar refractivity (Wildman–Crippen MR) is 39.4 cm³/mol. The molecule has 0 aliphatic carbocycles. The van der Waals surface area contributed by atoms with Gasteiger partial charge < -0.3 is 0 Å². The van der Waals surface area contributed by atoms with Crippen molar-refractivity contribution in [2.45, 2.75) is 18.0 Å². The number of alkyl halides is 1. The van der Waals surface area contributed by atoms with E-state index >= 15 is 0 Å². The highest BCUT2D eigenvalue weighted by atomic mass is 32.2. The Morgan fingerprint density at radius 3 is 2.56 bits per heavy atom. The second-order valence-electron chi connectivity index (χ2n) is 2.46. The lowest BCUT2D eigenvalue weighted by molar-refractivity contribution is 0.318. The number of rotatable bonds is 1. The maximum absolute atomic E-state index is 12.6. The molecule has 1 aliphatic heterocycles. The Hall–Kier alpha value is 0.240. The van der Waals surface area contributed by atoms with Gasteiger partial charge in [-0.15, -0.1) is 11.8 Å². The largest absolute Gasteiger partial charge is 0.292 e. The molecule has 0 bridgehead atoms. The zero-order valence-electron chi connectivity index (χ0n) is 5.80. The van der Waals surface area contributed by atoms with Crippen LogP contribution in [0.4, 0.5) is 4.39 Å². The Bertz CT molecular complexity index is 99.1. The highest BCUT2D eigenvalue weighted by Crippen LogP contribution is 2.25. The molecule has 54 valence electrons. The molecule has 0 saturated carbocycles. The molecular formula is C6H12FNS. The fraction of sp³-hybridized carbons (Fsp3) is 1.00. The third kappa shape index (κ3) is 1.58. The maximum Gasteiger partial charge on any atom is 0.115 e. The molecule has 0 aromatic carbocycles. The molecule has 3 heteroatoms. The van der Waals surface area contributed by atoms with Gasteiger partial charge in [0.25, 0.3) is 0 Å². The zero-order valence-corrected chi connectivity index (χ0v) is 6.62. The van der Waals surface area contributed by atoms with Crippen LogP contribution >= 0.6 is 11.8 Å². The van der Waals surface area contributed by atoms with Gasteiger partial charge in [0, 0.05) is 13.0 Å². The molecule has 1 nitrogen and oxygen atoms in total. The summed E-state index contributed by atoms with van der Waals surface area (Å²) in [5.74, 6) is 0. The summed E-state index contributed by atoms with van der Waals surface area (Å²) in [5.41, 5.74) is 0. The van der Waals surface area contributed by atoms with Crippen LogP contribution in [-0.2, 0) is 0 Å².